The Morgan fingerprint density at radius 2 is 2.10 bits per heavy atom. The molecule has 2 aromatic rings. The average Bonchev–Trinajstić information content (AvgIpc) is 3.11. The third-order valence-electron chi connectivity index (χ3n) is 4.63. The largest absolute Gasteiger partial charge is 0.309 e. The zero-order chi connectivity index (χ0) is 14.8. The Hall–Kier alpha value is -0.900. The van der Waals surface area contributed by atoms with E-state index in [1.165, 1.54) is 34.5 Å². The molecule has 2 nitrogen and oxygen atoms in total. The number of benzene rings is 1. The highest BCUT2D eigenvalue weighted by Gasteiger charge is 2.24. The lowest BCUT2D eigenvalue weighted by molar-refractivity contribution is 0.263. The van der Waals surface area contributed by atoms with Gasteiger partial charge in [-0.2, -0.15) is 0 Å². The van der Waals surface area contributed by atoms with Crippen LogP contribution in [0.25, 0.3) is 10.1 Å². The molecule has 21 heavy (non-hydrogen) atoms. The highest BCUT2D eigenvalue weighted by Crippen LogP contribution is 2.30. The zero-order valence-corrected chi connectivity index (χ0v) is 14.1. The fourth-order valence-electron chi connectivity index (χ4n) is 3.16. The number of hydrogen-bond donors (Lipinski definition) is 1. The molecule has 1 N–H and O–H groups in total. The maximum atomic E-state index is 3.75. The molecule has 2 atom stereocenters. The Bertz CT molecular complexity index is 557. The van der Waals surface area contributed by atoms with Crippen LogP contribution in [0.15, 0.2) is 30.3 Å². The topological polar surface area (TPSA) is 15.3 Å². The first kappa shape index (κ1) is 15.0. The van der Waals surface area contributed by atoms with Crippen molar-refractivity contribution in [3.8, 4) is 0 Å². The molecule has 3 heteroatoms. The summed E-state index contributed by atoms with van der Waals surface area (Å²) in [6.07, 6.45) is 1.34. The van der Waals surface area contributed by atoms with Gasteiger partial charge < -0.3 is 10.2 Å². The third kappa shape index (κ3) is 3.47. The second-order valence-corrected chi connectivity index (χ2v) is 7.68. The second-order valence-electron chi connectivity index (χ2n) is 6.56. The molecule has 0 radical (unpaired) electrons. The summed E-state index contributed by atoms with van der Waals surface area (Å²) in [5.41, 5.74) is 0. The Labute approximate surface area is 132 Å². The molecule has 3 rings (SSSR count). The minimum Gasteiger partial charge on any atom is -0.309 e. The van der Waals surface area contributed by atoms with Crippen LogP contribution in [-0.2, 0) is 0 Å². The molecule has 0 bridgehead atoms. The van der Waals surface area contributed by atoms with E-state index in [0.717, 1.165) is 12.5 Å². The fourth-order valence-corrected chi connectivity index (χ4v) is 4.25. The van der Waals surface area contributed by atoms with E-state index < -0.39 is 0 Å². The van der Waals surface area contributed by atoms with E-state index in [2.05, 4.69) is 61.3 Å². The lowest BCUT2D eigenvalue weighted by Gasteiger charge is -2.21. The maximum absolute atomic E-state index is 3.75. The normalized spacial score (nSPS) is 21.4. The van der Waals surface area contributed by atoms with Crippen LogP contribution in [0, 0.1) is 5.92 Å². The Morgan fingerprint density at radius 3 is 2.81 bits per heavy atom. The van der Waals surface area contributed by atoms with Gasteiger partial charge in [0.1, 0.15) is 0 Å². The van der Waals surface area contributed by atoms with Crippen LogP contribution in [0.4, 0.5) is 0 Å². The van der Waals surface area contributed by atoms with Gasteiger partial charge >= 0.3 is 0 Å². The minimum atomic E-state index is 0.454. The van der Waals surface area contributed by atoms with Crippen molar-refractivity contribution in [1.29, 1.82) is 0 Å². The van der Waals surface area contributed by atoms with E-state index in [1.54, 1.807) is 0 Å². The molecule has 1 aromatic heterocycles. The van der Waals surface area contributed by atoms with Crippen LogP contribution in [0.5, 0.6) is 0 Å². The summed E-state index contributed by atoms with van der Waals surface area (Å²) in [6.45, 7) is 10.6. The van der Waals surface area contributed by atoms with Gasteiger partial charge in [-0.15, -0.1) is 11.3 Å². The molecule has 2 unspecified atom stereocenters. The molecule has 0 spiro atoms. The molecule has 2 heterocycles. The monoisotopic (exact) mass is 302 g/mol. The standard InChI is InChI=1S/C18H26N2S/c1-13(2)20-9-8-15(12-20)11-19-14(3)18-10-16-6-4-5-7-17(16)21-18/h4-7,10,13-15,19H,8-9,11-12H2,1-3H3. The van der Waals surface area contributed by atoms with E-state index in [0.29, 0.717) is 12.1 Å². The Kier molecular flexibility index (Phi) is 4.63. The van der Waals surface area contributed by atoms with Crippen LogP contribution in [0.1, 0.15) is 38.1 Å². The quantitative estimate of drug-likeness (QED) is 0.886. The number of nitrogens with zero attached hydrogens (tertiary/aromatic N) is 1. The predicted octanol–water partition coefficient (Wildman–Crippen LogP) is 4.28. The molecule has 1 saturated heterocycles. The van der Waals surface area contributed by atoms with Crippen molar-refractivity contribution in [2.75, 3.05) is 19.6 Å². The second kappa shape index (κ2) is 6.47. The van der Waals surface area contributed by atoms with E-state index in [9.17, 15) is 0 Å². The van der Waals surface area contributed by atoms with E-state index in [4.69, 9.17) is 0 Å². The van der Waals surface area contributed by atoms with Gasteiger partial charge in [-0.3, -0.25) is 0 Å². The first-order valence-electron chi connectivity index (χ1n) is 8.09. The van der Waals surface area contributed by atoms with Crippen molar-refractivity contribution < 1.29 is 0 Å². The summed E-state index contributed by atoms with van der Waals surface area (Å²) in [5, 5.41) is 5.12. The van der Waals surface area contributed by atoms with Crippen LogP contribution >= 0.6 is 11.3 Å². The average molecular weight is 302 g/mol. The lowest BCUT2D eigenvalue weighted by Crippen LogP contribution is -2.31. The number of rotatable bonds is 5. The van der Waals surface area contributed by atoms with Gasteiger partial charge in [0.2, 0.25) is 0 Å². The van der Waals surface area contributed by atoms with Gasteiger partial charge in [0.15, 0.2) is 0 Å². The van der Waals surface area contributed by atoms with Gasteiger partial charge in [-0.25, -0.2) is 0 Å². The summed E-state index contributed by atoms with van der Waals surface area (Å²) in [4.78, 5) is 4.05. The number of hydrogen-bond acceptors (Lipinski definition) is 3. The van der Waals surface area contributed by atoms with Crippen molar-refractivity contribution in [1.82, 2.24) is 10.2 Å². The molecule has 0 saturated carbocycles. The smallest absolute Gasteiger partial charge is 0.0386 e. The summed E-state index contributed by atoms with van der Waals surface area (Å²) in [7, 11) is 0. The molecule has 1 aromatic carbocycles. The van der Waals surface area contributed by atoms with Crippen molar-refractivity contribution >= 4 is 21.4 Å². The van der Waals surface area contributed by atoms with Gasteiger partial charge in [-0.1, -0.05) is 18.2 Å². The number of nitrogens with one attached hydrogen (secondary N) is 1. The minimum absolute atomic E-state index is 0.454. The van der Waals surface area contributed by atoms with Crippen LogP contribution in [0.2, 0.25) is 0 Å². The number of thiophene rings is 1. The first-order valence-corrected chi connectivity index (χ1v) is 8.91. The molecular formula is C18H26N2S. The van der Waals surface area contributed by atoms with E-state index in [-0.39, 0.29) is 0 Å². The van der Waals surface area contributed by atoms with E-state index >= 15 is 0 Å². The highest BCUT2D eigenvalue weighted by molar-refractivity contribution is 7.19. The third-order valence-corrected chi connectivity index (χ3v) is 5.93. The molecule has 0 aliphatic carbocycles. The van der Waals surface area contributed by atoms with Crippen LogP contribution < -0.4 is 5.32 Å². The summed E-state index contributed by atoms with van der Waals surface area (Å²) in [5.74, 6) is 0.809. The van der Waals surface area contributed by atoms with Crippen molar-refractivity contribution in [2.24, 2.45) is 5.92 Å². The fraction of sp³-hybridized carbons (Fsp3) is 0.556. The summed E-state index contributed by atoms with van der Waals surface area (Å²) in [6, 6.07) is 12.2. The van der Waals surface area contributed by atoms with Gasteiger partial charge in [-0.05, 0) is 63.7 Å². The predicted molar refractivity (Wildman–Crippen MR) is 93.1 cm³/mol. The summed E-state index contributed by atoms with van der Waals surface area (Å²) >= 11 is 1.92. The molecule has 1 aliphatic rings. The molecule has 0 amide bonds. The zero-order valence-electron chi connectivity index (χ0n) is 13.3. The van der Waals surface area contributed by atoms with Gasteiger partial charge in [0, 0.05) is 28.2 Å². The van der Waals surface area contributed by atoms with Crippen LogP contribution in [-0.4, -0.2) is 30.6 Å². The molecule has 114 valence electrons. The van der Waals surface area contributed by atoms with Gasteiger partial charge in [0.05, 0.1) is 0 Å². The molecular weight excluding hydrogens is 276 g/mol. The number of fused-ring (bicyclic) bond motifs is 1. The first-order chi connectivity index (χ1) is 10.1. The lowest BCUT2D eigenvalue weighted by atomic mass is 10.1. The van der Waals surface area contributed by atoms with Crippen molar-refractivity contribution in [2.45, 2.75) is 39.3 Å². The summed E-state index contributed by atoms with van der Waals surface area (Å²) < 4.78 is 1.40. The SMILES string of the molecule is CC(NCC1CCN(C(C)C)C1)c1cc2ccccc2s1. The van der Waals surface area contributed by atoms with Crippen LogP contribution in [0.3, 0.4) is 0 Å². The Morgan fingerprint density at radius 1 is 1.29 bits per heavy atom. The Balaban J connectivity index is 1.56. The van der Waals surface area contributed by atoms with E-state index in [1.807, 2.05) is 11.3 Å². The van der Waals surface area contributed by atoms with Gasteiger partial charge in [0.25, 0.3) is 0 Å². The van der Waals surface area contributed by atoms with Crippen molar-refractivity contribution in [3.05, 3.63) is 35.2 Å². The highest BCUT2D eigenvalue weighted by atomic mass is 32.1. The number of likely N-dealkylation sites (tertiary alicyclic amines) is 1. The van der Waals surface area contributed by atoms with Crippen molar-refractivity contribution in [3.63, 3.8) is 0 Å². The molecule has 1 fully saturated rings. The maximum Gasteiger partial charge on any atom is 0.0386 e. The molecule has 1 aliphatic heterocycles.